The van der Waals surface area contributed by atoms with E-state index < -0.39 is 0 Å². The standard InChI is InChI=1S/C16H19N3O2/c1-12-10-17-16(18-12)14-8-5-9-19(14)15(20)11-21-13-6-3-2-4-7-13/h2-4,6-7,10,14H,5,8-9,11H2,1H3,(H,17,18)/t14-/m1/s1. The molecular formula is C16H19N3O2. The van der Waals surface area contributed by atoms with Crippen molar-refractivity contribution in [2.75, 3.05) is 13.2 Å². The first-order valence-corrected chi connectivity index (χ1v) is 7.23. The minimum Gasteiger partial charge on any atom is -0.484 e. The van der Waals surface area contributed by atoms with Crippen LogP contribution in [-0.4, -0.2) is 33.9 Å². The van der Waals surface area contributed by atoms with Gasteiger partial charge in [-0.15, -0.1) is 0 Å². The van der Waals surface area contributed by atoms with E-state index in [9.17, 15) is 4.79 Å². The molecule has 1 amide bonds. The molecule has 2 aromatic rings. The van der Waals surface area contributed by atoms with Crippen LogP contribution in [0.15, 0.2) is 36.5 Å². The van der Waals surface area contributed by atoms with Crippen molar-refractivity contribution in [2.45, 2.75) is 25.8 Å². The fourth-order valence-corrected chi connectivity index (χ4v) is 2.70. The number of benzene rings is 1. The summed E-state index contributed by atoms with van der Waals surface area (Å²) in [4.78, 5) is 21.8. The Kier molecular flexibility index (Phi) is 3.90. The van der Waals surface area contributed by atoms with Gasteiger partial charge in [0.2, 0.25) is 0 Å². The van der Waals surface area contributed by atoms with E-state index in [0.29, 0.717) is 0 Å². The first-order chi connectivity index (χ1) is 10.2. The van der Waals surface area contributed by atoms with Crippen LogP contribution in [0, 0.1) is 6.92 Å². The lowest BCUT2D eigenvalue weighted by Gasteiger charge is -2.23. The Bertz CT molecular complexity index is 609. The Labute approximate surface area is 124 Å². The van der Waals surface area contributed by atoms with Crippen molar-refractivity contribution in [1.29, 1.82) is 0 Å². The van der Waals surface area contributed by atoms with Crippen LogP contribution in [0.1, 0.15) is 30.4 Å². The number of H-pyrrole nitrogens is 1. The first-order valence-electron chi connectivity index (χ1n) is 7.23. The Hall–Kier alpha value is -2.30. The summed E-state index contributed by atoms with van der Waals surface area (Å²) in [6.45, 7) is 2.80. The number of aromatic nitrogens is 2. The van der Waals surface area contributed by atoms with Crippen LogP contribution in [0.25, 0.3) is 0 Å². The third-order valence-corrected chi connectivity index (χ3v) is 3.72. The Morgan fingerprint density at radius 1 is 1.43 bits per heavy atom. The van der Waals surface area contributed by atoms with Crippen LogP contribution >= 0.6 is 0 Å². The Balaban J connectivity index is 1.63. The number of nitrogens with one attached hydrogen (secondary N) is 1. The molecule has 1 aliphatic heterocycles. The first kappa shape index (κ1) is 13.7. The van der Waals surface area contributed by atoms with Gasteiger partial charge in [-0.05, 0) is 31.9 Å². The number of carbonyl (C=O) groups excluding carboxylic acids is 1. The third kappa shape index (κ3) is 3.07. The molecule has 1 fully saturated rings. The number of amides is 1. The molecule has 0 bridgehead atoms. The number of likely N-dealkylation sites (tertiary alicyclic amines) is 1. The highest BCUT2D eigenvalue weighted by atomic mass is 16.5. The van der Waals surface area contributed by atoms with Crippen molar-refractivity contribution in [1.82, 2.24) is 14.9 Å². The number of rotatable bonds is 4. The van der Waals surface area contributed by atoms with Gasteiger partial charge >= 0.3 is 0 Å². The molecule has 5 nitrogen and oxygen atoms in total. The highest BCUT2D eigenvalue weighted by Crippen LogP contribution is 2.30. The van der Waals surface area contributed by atoms with E-state index in [-0.39, 0.29) is 18.6 Å². The summed E-state index contributed by atoms with van der Waals surface area (Å²) >= 11 is 0. The molecule has 1 aromatic heterocycles. The van der Waals surface area contributed by atoms with Gasteiger partial charge < -0.3 is 14.6 Å². The van der Waals surface area contributed by atoms with Gasteiger partial charge in [-0.1, -0.05) is 18.2 Å². The SMILES string of the molecule is Cc1cnc([C@H]2CCCN2C(=O)COc2ccccc2)[nH]1. The van der Waals surface area contributed by atoms with Crippen LogP contribution in [-0.2, 0) is 4.79 Å². The second kappa shape index (κ2) is 5.99. The smallest absolute Gasteiger partial charge is 0.261 e. The molecule has 1 N–H and O–H groups in total. The molecule has 110 valence electrons. The van der Waals surface area contributed by atoms with E-state index in [4.69, 9.17) is 4.74 Å². The predicted octanol–water partition coefficient (Wildman–Crippen LogP) is 2.46. The summed E-state index contributed by atoms with van der Waals surface area (Å²) in [7, 11) is 0. The molecule has 1 saturated heterocycles. The van der Waals surface area contributed by atoms with E-state index in [1.54, 1.807) is 6.20 Å². The number of hydrogen-bond acceptors (Lipinski definition) is 3. The molecule has 5 heteroatoms. The molecule has 2 heterocycles. The van der Waals surface area contributed by atoms with Gasteiger partial charge in [0.1, 0.15) is 11.6 Å². The minimum atomic E-state index is 0.00964. The van der Waals surface area contributed by atoms with Crippen molar-refractivity contribution in [3.05, 3.63) is 48.0 Å². The molecule has 0 radical (unpaired) electrons. The lowest BCUT2D eigenvalue weighted by molar-refractivity contribution is -0.134. The van der Waals surface area contributed by atoms with E-state index in [2.05, 4.69) is 9.97 Å². The maximum Gasteiger partial charge on any atom is 0.261 e. The van der Waals surface area contributed by atoms with Crippen LogP contribution in [0.4, 0.5) is 0 Å². The summed E-state index contributed by atoms with van der Waals surface area (Å²) in [6, 6.07) is 9.46. The molecule has 0 unspecified atom stereocenters. The number of imidazole rings is 1. The van der Waals surface area contributed by atoms with Gasteiger partial charge in [-0.3, -0.25) is 4.79 Å². The highest BCUT2D eigenvalue weighted by molar-refractivity contribution is 5.78. The van der Waals surface area contributed by atoms with Gasteiger partial charge in [-0.2, -0.15) is 0 Å². The Morgan fingerprint density at radius 3 is 2.95 bits per heavy atom. The summed E-state index contributed by atoms with van der Waals surface area (Å²) in [5.74, 6) is 1.60. The van der Waals surface area contributed by atoms with Crippen molar-refractivity contribution in [3.63, 3.8) is 0 Å². The molecule has 1 aliphatic rings. The Morgan fingerprint density at radius 2 is 2.24 bits per heavy atom. The predicted molar refractivity (Wildman–Crippen MR) is 78.9 cm³/mol. The third-order valence-electron chi connectivity index (χ3n) is 3.72. The lowest BCUT2D eigenvalue weighted by atomic mass is 10.2. The zero-order valence-electron chi connectivity index (χ0n) is 12.1. The zero-order valence-corrected chi connectivity index (χ0v) is 12.1. The van der Waals surface area contributed by atoms with Gasteiger partial charge in [0.25, 0.3) is 5.91 Å². The fourth-order valence-electron chi connectivity index (χ4n) is 2.70. The summed E-state index contributed by atoms with van der Waals surface area (Å²) < 4.78 is 5.55. The summed E-state index contributed by atoms with van der Waals surface area (Å²) in [6.07, 6.45) is 3.75. The van der Waals surface area contributed by atoms with Crippen LogP contribution in [0.3, 0.4) is 0 Å². The van der Waals surface area contributed by atoms with Crippen molar-refractivity contribution >= 4 is 5.91 Å². The largest absolute Gasteiger partial charge is 0.484 e. The molecule has 0 spiro atoms. The van der Waals surface area contributed by atoms with Crippen molar-refractivity contribution in [3.8, 4) is 5.75 Å². The monoisotopic (exact) mass is 285 g/mol. The van der Waals surface area contributed by atoms with E-state index in [1.165, 1.54) is 0 Å². The molecule has 1 aromatic carbocycles. The maximum absolute atomic E-state index is 12.4. The molecule has 21 heavy (non-hydrogen) atoms. The molecular weight excluding hydrogens is 266 g/mol. The molecule has 0 saturated carbocycles. The molecule has 3 rings (SSSR count). The number of ether oxygens (including phenoxy) is 1. The van der Waals surface area contributed by atoms with Gasteiger partial charge in [0.05, 0.1) is 6.04 Å². The molecule has 1 atom stereocenters. The van der Waals surface area contributed by atoms with Crippen molar-refractivity contribution < 1.29 is 9.53 Å². The number of nitrogens with zero attached hydrogens (tertiary/aromatic N) is 2. The normalized spacial score (nSPS) is 18.0. The van der Waals surface area contributed by atoms with E-state index >= 15 is 0 Å². The number of hydrogen-bond donors (Lipinski definition) is 1. The van der Waals surface area contributed by atoms with Gasteiger partial charge in [0.15, 0.2) is 6.61 Å². The second-order valence-electron chi connectivity index (χ2n) is 5.30. The van der Waals surface area contributed by atoms with Gasteiger partial charge in [-0.25, -0.2) is 4.98 Å². The lowest BCUT2D eigenvalue weighted by Crippen LogP contribution is -2.34. The van der Waals surface area contributed by atoms with Crippen LogP contribution in [0.2, 0.25) is 0 Å². The van der Waals surface area contributed by atoms with Crippen LogP contribution in [0.5, 0.6) is 5.75 Å². The highest BCUT2D eigenvalue weighted by Gasteiger charge is 2.31. The molecule has 0 aliphatic carbocycles. The summed E-state index contributed by atoms with van der Waals surface area (Å²) in [5, 5.41) is 0. The maximum atomic E-state index is 12.4. The minimum absolute atomic E-state index is 0.00964. The second-order valence-corrected chi connectivity index (χ2v) is 5.30. The number of aromatic amines is 1. The average molecular weight is 285 g/mol. The van der Waals surface area contributed by atoms with Crippen molar-refractivity contribution in [2.24, 2.45) is 0 Å². The number of aryl methyl sites for hydroxylation is 1. The number of para-hydroxylation sites is 1. The fraction of sp³-hybridized carbons (Fsp3) is 0.375. The quantitative estimate of drug-likeness (QED) is 0.938. The van der Waals surface area contributed by atoms with Gasteiger partial charge in [0, 0.05) is 18.4 Å². The zero-order chi connectivity index (χ0) is 14.7. The summed E-state index contributed by atoms with van der Waals surface area (Å²) in [5.41, 5.74) is 1.02. The topological polar surface area (TPSA) is 58.2 Å². The average Bonchev–Trinajstić information content (AvgIpc) is 3.14. The van der Waals surface area contributed by atoms with E-state index in [1.807, 2.05) is 42.2 Å². The van der Waals surface area contributed by atoms with E-state index in [0.717, 1.165) is 36.7 Å². The number of carbonyl (C=O) groups is 1. The van der Waals surface area contributed by atoms with Crippen LogP contribution < -0.4 is 4.74 Å².